The molecule has 1 amide bonds. The highest BCUT2D eigenvalue weighted by atomic mass is 19.3. The zero-order valence-corrected chi connectivity index (χ0v) is 12.3. The highest BCUT2D eigenvalue weighted by molar-refractivity contribution is 5.79. The second kappa shape index (κ2) is 5.31. The molecule has 0 radical (unpaired) electrons. The van der Waals surface area contributed by atoms with E-state index < -0.39 is 6.29 Å². The van der Waals surface area contributed by atoms with Crippen LogP contribution in [-0.4, -0.2) is 49.4 Å². The van der Waals surface area contributed by atoms with Gasteiger partial charge in [0.2, 0.25) is 5.91 Å². The molecule has 0 spiro atoms. The van der Waals surface area contributed by atoms with Crippen LogP contribution in [0.1, 0.15) is 5.56 Å². The Labute approximate surface area is 131 Å². The molecule has 0 saturated carbocycles. The summed E-state index contributed by atoms with van der Waals surface area (Å²) in [5, 5.41) is 2.96. The minimum atomic E-state index is -3.60. The highest BCUT2D eigenvalue weighted by Crippen LogP contribution is 2.41. The van der Waals surface area contributed by atoms with Crippen molar-refractivity contribution in [1.29, 1.82) is 0 Å². The SMILES string of the molecule is O=C1N[C@@H]2COC[C@H]1CN(Cc1ccc3c(c1)OC(F)(F)O3)C2. The third-order valence-corrected chi connectivity index (χ3v) is 4.18. The molecule has 3 aliphatic heterocycles. The molecule has 0 unspecified atom stereocenters. The molecule has 6 nitrogen and oxygen atoms in total. The number of hydrogen-bond acceptors (Lipinski definition) is 5. The number of carbonyl (C=O) groups is 1. The van der Waals surface area contributed by atoms with Crippen molar-refractivity contribution in [1.82, 2.24) is 10.2 Å². The van der Waals surface area contributed by atoms with Gasteiger partial charge in [-0.25, -0.2) is 0 Å². The monoisotopic (exact) mass is 326 g/mol. The van der Waals surface area contributed by atoms with Crippen LogP contribution >= 0.6 is 0 Å². The number of nitrogens with one attached hydrogen (secondary N) is 1. The number of ether oxygens (including phenoxy) is 3. The normalized spacial score (nSPS) is 29.0. The summed E-state index contributed by atoms with van der Waals surface area (Å²) in [4.78, 5) is 14.1. The van der Waals surface area contributed by atoms with Crippen molar-refractivity contribution in [3.63, 3.8) is 0 Å². The van der Waals surface area contributed by atoms with Gasteiger partial charge in [-0.2, -0.15) is 0 Å². The predicted octanol–water partition coefficient (Wildman–Crippen LogP) is 0.955. The molecule has 4 rings (SSSR count). The van der Waals surface area contributed by atoms with Gasteiger partial charge in [0.05, 0.1) is 25.2 Å². The van der Waals surface area contributed by atoms with Crippen LogP contribution in [0.15, 0.2) is 18.2 Å². The Kier molecular flexibility index (Phi) is 3.38. The van der Waals surface area contributed by atoms with Crippen LogP contribution in [0, 0.1) is 5.92 Å². The van der Waals surface area contributed by atoms with Gasteiger partial charge < -0.3 is 19.5 Å². The molecule has 0 aliphatic carbocycles. The highest BCUT2D eigenvalue weighted by Gasteiger charge is 2.43. The molecule has 8 heteroatoms. The first kappa shape index (κ1) is 14.6. The molecule has 0 aromatic heterocycles. The van der Waals surface area contributed by atoms with E-state index in [1.165, 1.54) is 6.07 Å². The van der Waals surface area contributed by atoms with Gasteiger partial charge in [-0.05, 0) is 17.7 Å². The molecule has 2 fully saturated rings. The van der Waals surface area contributed by atoms with Crippen LogP contribution in [0.5, 0.6) is 11.5 Å². The fraction of sp³-hybridized carbons (Fsp3) is 0.533. The van der Waals surface area contributed by atoms with Gasteiger partial charge in [-0.3, -0.25) is 9.69 Å². The minimum Gasteiger partial charge on any atom is -0.395 e. The molecular weight excluding hydrogens is 310 g/mol. The first-order valence-corrected chi connectivity index (χ1v) is 7.48. The summed E-state index contributed by atoms with van der Waals surface area (Å²) in [6.45, 7) is 2.68. The molecule has 2 bridgehead atoms. The Morgan fingerprint density at radius 3 is 2.91 bits per heavy atom. The van der Waals surface area contributed by atoms with Crippen molar-refractivity contribution >= 4 is 5.91 Å². The van der Waals surface area contributed by atoms with Crippen molar-refractivity contribution in [2.45, 2.75) is 18.9 Å². The van der Waals surface area contributed by atoms with E-state index in [4.69, 9.17) is 4.74 Å². The number of alkyl halides is 2. The quantitative estimate of drug-likeness (QED) is 0.877. The first-order chi connectivity index (χ1) is 11.0. The summed E-state index contributed by atoms with van der Waals surface area (Å²) in [6, 6.07) is 4.73. The van der Waals surface area contributed by atoms with E-state index in [0.29, 0.717) is 32.8 Å². The molecule has 2 saturated heterocycles. The van der Waals surface area contributed by atoms with Gasteiger partial charge in [0.25, 0.3) is 0 Å². The molecule has 1 N–H and O–H groups in total. The summed E-state index contributed by atoms with van der Waals surface area (Å²) in [6.07, 6.45) is -3.60. The van der Waals surface area contributed by atoms with Crippen LogP contribution in [0.2, 0.25) is 0 Å². The number of nitrogens with zero attached hydrogens (tertiary/aromatic N) is 1. The number of fused-ring (bicyclic) bond motifs is 4. The summed E-state index contributed by atoms with van der Waals surface area (Å²) in [7, 11) is 0. The molecular formula is C15H16F2N2O4. The third kappa shape index (κ3) is 2.96. The van der Waals surface area contributed by atoms with Crippen molar-refractivity contribution in [3.05, 3.63) is 23.8 Å². The van der Waals surface area contributed by atoms with Crippen molar-refractivity contribution in [2.75, 3.05) is 26.3 Å². The Hall–Kier alpha value is -1.93. The van der Waals surface area contributed by atoms with E-state index in [2.05, 4.69) is 19.7 Å². The number of hydrogen-bond donors (Lipinski definition) is 1. The molecule has 23 heavy (non-hydrogen) atoms. The number of carbonyl (C=O) groups excluding carboxylic acids is 1. The van der Waals surface area contributed by atoms with E-state index in [1.54, 1.807) is 12.1 Å². The molecule has 2 atom stereocenters. The van der Waals surface area contributed by atoms with E-state index in [0.717, 1.165) is 5.56 Å². The van der Waals surface area contributed by atoms with E-state index >= 15 is 0 Å². The maximum absolute atomic E-state index is 13.1. The van der Waals surface area contributed by atoms with Gasteiger partial charge in [0, 0.05) is 19.6 Å². The van der Waals surface area contributed by atoms with Gasteiger partial charge in [0.15, 0.2) is 11.5 Å². The lowest BCUT2D eigenvalue weighted by Crippen LogP contribution is -2.41. The van der Waals surface area contributed by atoms with Crippen LogP contribution in [0.3, 0.4) is 0 Å². The standard InChI is InChI=1S/C15H16F2N2O4/c16-15(17)22-12-2-1-9(3-13(12)23-15)4-19-5-10-7-21-8-11(6-19)18-14(10)20/h1-3,10-11H,4-8H2,(H,18,20)/t10-,11+/m1/s1. The minimum absolute atomic E-state index is 0.0142. The zero-order chi connectivity index (χ0) is 16.0. The maximum Gasteiger partial charge on any atom is 0.586 e. The number of amides is 1. The van der Waals surface area contributed by atoms with Crippen molar-refractivity contribution in [2.24, 2.45) is 5.92 Å². The molecule has 1 aromatic carbocycles. The lowest BCUT2D eigenvalue weighted by molar-refractivity contribution is -0.286. The number of benzene rings is 1. The topological polar surface area (TPSA) is 60.0 Å². The number of halogens is 2. The largest absolute Gasteiger partial charge is 0.586 e. The van der Waals surface area contributed by atoms with Gasteiger partial charge >= 0.3 is 6.29 Å². The van der Waals surface area contributed by atoms with Crippen molar-refractivity contribution in [3.8, 4) is 11.5 Å². The second-order valence-electron chi connectivity index (χ2n) is 6.08. The lowest BCUT2D eigenvalue weighted by Gasteiger charge is -2.27. The fourth-order valence-electron chi connectivity index (χ4n) is 3.20. The smallest absolute Gasteiger partial charge is 0.395 e. The summed E-state index contributed by atoms with van der Waals surface area (Å²) < 4.78 is 40.5. The molecule has 3 heterocycles. The van der Waals surface area contributed by atoms with Crippen molar-refractivity contribution < 1.29 is 27.8 Å². The third-order valence-electron chi connectivity index (χ3n) is 4.18. The molecule has 124 valence electrons. The van der Waals surface area contributed by atoms with Gasteiger partial charge in [-0.15, -0.1) is 8.78 Å². The van der Waals surface area contributed by atoms with Gasteiger partial charge in [0.1, 0.15) is 0 Å². The van der Waals surface area contributed by atoms with Crippen LogP contribution in [0.4, 0.5) is 8.78 Å². The molecule has 3 aliphatic rings. The second-order valence-corrected chi connectivity index (χ2v) is 6.08. The average molecular weight is 326 g/mol. The maximum atomic E-state index is 13.1. The van der Waals surface area contributed by atoms with Crippen LogP contribution < -0.4 is 14.8 Å². The van der Waals surface area contributed by atoms with E-state index in [9.17, 15) is 13.6 Å². The predicted molar refractivity (Wildman–Crippen MR) is 74.2 cm³/mol. The Morgan fingerprint density at radius 2 is 2.04 bits per heavy atom. The summed E-state index contributed by atoms with van der Waals surface area (Å²) in [5.41, 5.74) is 0.832. The Bertz CT molecular complexity index is 640. The van der Waals surface area contributed by atoms with Gasteiger partial charge in [-0.1, -0.05) is 6.07 Å². The lowest BCUT2D eigenvalue weighted by atomic mass is 10.1. The summed E-state index contributed by atoms with van der Waals surface area (Å²) in [5.74, 6) is -0.113. The van der Waals surface area contributed by atoms with Crippen LogP contribution in [0.25, 0.3) is 0 Å². The Morgan fingerprint density at radius 1 is 1.22 bits per heavy atom. The summed E-state index contributed by atoms with van der Waals surface area (Å²) >= 11 is 0. The first-order valence-electron chi connectivity index (χ1n) is 7.48. The fourth-order valence-corrected chi connectivity index (χ4v) is 3.20. The van der Waals surface area contributed by atoms with E-state index in [-0.39, 0.29) is 29.4 Å². The van der Waals surface area contributed by atoms with Crippen LogP contribution in [-0.2, 0) is 16.1 Å². The Balaban J connectivity index is 1.50. The molecule has 1 aromatic rings. The van der Waals surface area contributed by atoms with E-state index in [1.807, 2.05) is 0 Å². The zero-order valence-electron chi connectivity index (χ0n) is 12.3. The number of rotatable bonds is 2. The average Bonchev–Trinajstić information content (AvgIpc) is 2.55.